The Labute approximate surface area is 86.2 Å². The quantitative estimate of drug-likeness (QED) is 0.610. The lowest BCUT2D eigenvalue weighted by molar-refractivity contribution is -0.111. The Morgan fingerprint density at radius 1 is 1.50 bits per heavy atom. The average Bonchev–Trinajstić information content (AvgIpc) is 2.09. The fourth-order valence-electron chi connectivity index (χ4n) is 1.56. The summed E-state index contributed by atoms with van der Waals surface area (Å²) in [6.45, 7) is 8.22. The fourth-order valence-corrected chi connectivity index (χ4v) is 1.56. The molecule has 1 unspecified atom stereocenters. The lowest BCUT2D eigenvalue weighted by atomic mass is 9.80. The molecule has 1 nitrogen and oxygen atoms in total. The summed E-state index contributed by atoms with van der Waals surface area (Å²) >= 11 is 0. The van der Waals surface area contributed by atoms with Gasteiger partial charge in [0.15, 0.2) is 5.78 Å². The Morgan fingerprint density at radius 2 is 2.14 bits per heavy atom. The summed E-state index contributed by atoms with van der Waals surface area (Å²) < 4.78 is 0. The van der Waals surface area contributed by atoms with E-state index in [1.165, 1.54) is 5.57 Å². The second kappa shape index (κ2) is 3.95. The summed E-state index contributed by atoms with van der Waals surface area (Å²) in [5.41, 5.74) is 2.20. The predicted octanol–water partition coefficient (Wildman–Crippen LogP) is 3.43. The fraction of sp³-hybridized carbons (Fsp3) is 0.462. The van der Waals surface area contributed by atoms with Crippen molar-refractivity contribution in [1.82, 2.24) is 0 Å². The number of carbonyl (C=O) groups excluding carboxylic acids is 1. The smallest absolute Gasteiger partial charge is 0.180 e. The largest absolute Gasteiger partial charge is 0.290 e. The highest BCUT2D eigenvalue weighted by Gasteiger charge is 2.21. The standard InChI is InChI=1S/C13H18O/c1-10(2)5-7-13(4)8-6-12(14)11(3)9-13/h5-6,8-9H,7H2,1-4H3. The molecule has 0 N–H and O–H groups in total. The van der Waals surface area contributed by atoms with Crippen molar-refractivity contribution in [3.63, 3.8) is 0 Å². The van der Waals surface area contributed by atoms with Crippen LogP contribution in [0.5, 0.6) is 0 Å². The zero-order chi connectivity index (χ0) is 10.8. The molecule has 76 valence electrons. The van der Waals surface area contributed by atoms with Gasteiger partial charge in [0.05, 0.1) is 0 Å². The highest BCUT2D eigenvalue weighted by Crippen LogP contribution is 2.31. The molecule has 1 aliphatic rings. The molecule has 0 saturated heterocycles. The zero-order valence-electron chi connectivity index (χ0n) is 9.42. The second-order valence-electron chi connectivity index (χ2n) is 4.52. The first-order valence-electron chi connectivity index (χ1n) is 4.99. The number of allylic oxidation sites excluding steroid dienone is 6. The van der Waals surface area contributed by atoms with Crippen LogP contribution < -0.4 is 0 Å². The Morgan fingerprint density at radius 3 is 2.64 bits per heavy atom. The van der Waals surface area contributed by atoms with Crippen LogP contribution in [-0.4, -0.2) is 5.78 Å². The molecule has 0 radical (unpaired) electrons. The molecule has 14 heavy (non-hydrogen) atoms. The van der Waals surface area contributed by atoms with Gasteiger partial charge in [-0.05, 0) is 38.8 Å². The summed E-state index contributed by atoms with van der Waals surface area (Å²) in [7, 11) is 0. The van der Waals surface area contributed by atoms with Crippen LogP contribution in [0.15, 0.2) is 35.5 Å². The summed E-state index contributed by atoms with van der Waals surface area (Å²) in [6.07, 6.45) is 8.94. The van der Waals surface area contributed by atoms with E-state index in [-0.39, 0.29) is 11.2 Å². The van der Waals surface area contributed by atoms with Crippen molar-refractivity contribution < 1.29 is 4.79 Å². The number of hydrogen-bond acceptors (Lipinski definition) is 1. The molecule has 0 spiro atoms. The molecule has 0 bridgehead atoms. The zero-order valence-corrected chi connectivity index (χ0v) is 9.42. The molecule has 0 aromatic carbocycles. The third kappa shape index (κ3) is 2.69. The number of rotatable bonds is 2. The van der Waals surface area contributed by atoms with E-state index in [0.29, 0.717) is 0 Å². The molecule has 0 heterocycles. The van der Waals surface area contributed by atoms with Crippen LogP contribution in [0.4, 0.5) is 0 Å². The van der Waals surface area contributed by atoms with E-state index in [2.05, 4.69) is 32.9 Å². The van der Waals surface area contributed by atoms with Gasteiger partial charge in [-0.25, -0.2) is 0 Å². The SMILES string of the molecule is CC(C)=CCC1(C)C=CC(=O)C(C)=C1. The molecule has 0 aromatic heterocycles. The van der Waals surface area contributed by atoms with Gasteiger partial charge in [-0.2, -0.15) is 0 Å². The average molecular weight is 190 g/mol. The Balaban J connectivity index is 2.82. The van der Waals surface area contributed by atoms with Crippen LogP contribution in [0.3, 0.4) is 0 Å². The van der Waals surface area contributed by atoms with E-state index in [1.807, 2.05) is 13.0 Å². The Hall–Kier alpha value is -1.11. The van der Waals surface area contributed by atoms with E-state index < -0.39 is 0 Å². The minimum Gasteiger partial charge on any atom is -0.290 e. The van der Waals surface area contributed by atoms with Crippen molar-refractivity contribution in [2.24, 2.45) is 5.41 Å². The minimum atomic E-state index is 0.0231. The van der Waals surface area contributed by atoms with Crippen molar-refractivity contribution in [1.29, 1.82) is 0 Å². The highest BCUT2D eigenvalue weighted by molar-refractivity contribution is 6.04. The van der Waals surface area contributed by atoms with Gasteiger partial charge in [0.1, 0.15) is 0 Å². The van der Waals surface area contributed by atoms with Gasteiger partial charge in [0.2, 0.25) is 0 Å². The molecule has 0 aromatic rings. The molecule has 0 fully saturated rings. The molecule has 1 rings (SSSR count). The van der Waals surface area contributed by atoms with Crippen LogP contribution in [0.25, 0.3) is 0 Å². The summed E-state index contributed by atoms with van der Waals surface area (Å²) in [6, 6.07) is 0. The number of hydrogen-bond donors (Lipinski definition) is 0. The third-order valence-electron chi connectivity index (χ3n) is 2.50. The lowest BCUT2D eigenvalue weighted by Crippen LogP contribution is -2.16. The highest BCUT2D eigenvalue weighted by atomic mass is 16.1. The van der Waals surface area contributed by atoms with E-state index in [4.69, 9.17) is 0 Å². The van der Waals surface area contributed by atoms with Crippen LogP contribution in [0.1, 0.15) is 34.1 Å². The Bertz CT molecular complexity index is 327. The summed E-state index contributed by atoms with van der Waals surface area (Å²) in [5, 5.41) is 0. The van der Waals surface area contributed by atoms with E-state index in [9.17, 15) is 4.79 Å². The minimum absolute atomic E-state index is 0.0231. The predicted molar refractivity (Wildman–Crippen MR) is 60.1 cm³/mol. The molecule has 0 aliphatic heterocycles. The van der Waals surface area contributed by atoms with Gasteiger partial charge in [-0.1, -0.05) is 30.7 Å². The summed E-state index contributed by atoms with van der Waals surface area (Å²) in [4.78, 5) is 11.2. The number of carbonyl (C=O) groups is 1. The topological polar surface area (TPSA) is 17.1 Å². The van der Waals surface area contributed by atoms with Gasteiger partial charge >= 0.3 is 0 Å². The first-order chi connectivity index (χ1) is 6.43. The van der Waals surface area contributed by atoms with Gasteiger partial charge in [-0.3, -0.25) is 4.79 Å². The van der Waals surface area contributed by atoms with Crippen molar-refractivity contribution in [2.75, 3.05) is 0 Å². The second-order valence-corrected chi connectivity index (χ2v) is 4.52. The third-order valence-corrected chi connectivity index (χ3v) is 2.50. The summed E-state index contributed by atoms with van der Waals surface area (Å²) in [5.74, 6) is 0.139. The van der Waals surface area contributed by atoms with Gasteiger partial charge in [-0.15, -0.1) is 0 Å². The first-order valence-corrected chi connectivity index (χ1v) is 4.99. The van der Waals surface area contributed by atoms with Crippen LogP contribution in [-0.2, 0) is 4.79 Å². The van der Waals surface area contributed by atoms with Crippen molar-refractivity contribution in [3.05, 3.63) is 35.5 Å². The maximum atomic E-state index is 11.2. The molecule has 1 atom stereocenters. The van der Waals surface area contributed by atoms with Crippen molar-refractivity contribution in [2.45, 2.75) is 34.1 Å². The van der Waals surface area contributed by atoms with Crippen LogP contribution in [0, 0.1) is 5.41 Å². The maximum Gasteiger partial charge on any atom is 0.180 e. The van der Waals surface area contributed by atoms with Crippen molar-refractivity contribution >= 4 is 5.78 Å². The molecular weight excluding hydrogens is 172 g/mol. The maximum absolute atomic E-state index is 11.2. The van der Waals surface area contributed by atoms with E-state index in [1.54, 1.807) is 6.08 Å². The monoisotopic (exact) mass is 190 g/mol. The van der Waals surface area contributed by atoms with Gasteiger partial charge in [0, 0.05) is 5.41 Å². The Kier molecular flexibility index (Phi) is 3.10. The van der Waals surface area contributed by atoms with Gasteiger partial charge < -0.3 is 0 Å². The molecular formula is C13H18O. The molecule has 0 saturated carbocycles. The van der Waals surface area contributed by atoms with Crippen LogP contribution >= 0.6 is 0 Å². The van der Waals surface area contributed by atoms with E-state index in [0.717, 1.165) is 12.0 Å². The van der Waals surface area contributed by atoms with E-state index >= 15 is 0 Å². The first kappa shape index (κ1) is 11.0. The van der Waals surface area contributed by atoms with Crippen LogP contribution in [0.2, 0.25) is 0 Å². The molecule has 1 heteroatoms. The number of ketones is 1. The molecule has 1 aliphatic carbocycles. The van der Waals surface area contributed by atoms with Gasteiger partial charge in [0.25, 0.3) is 0 Å². The molecule has 0 amide bonds. The van der Waals surface area contributed by atoms with Crippen molar-refractivity contribution in [3.8, 4) is 0 Å². The normalized spacial score (nSPS) is 26.0. The lowest BCUT2D eigenvalue weighted by Gasteiger charge is -2.24.